The topological polar surface area (TPSA) is 27.9 Å². The van der Waals surface area contributed by atoms with E-state index in [-0.39, 0.29) is 12.2 Å². The Balaban J connectivity index is 2.24. The minimum absolute atomic E-state index is 0.0264. The molecule has 0 aromatic carbocycles. The molecule has 4 nitrogen and oxygen atoms in total. The molecule has 2 bridgehead atoms. The summed E-state index contributed by atoms with van der Waals surface area (Å²) in [5.41, 5.74) is 0. The standard InChI is InChI=1S/C8H11N3O/c1-9-7-4-3-6-5-11(7)8(12)10(6)2/h6-7H,3-5H2,2H3/t6-,7+/m1/s1. The Morgan fingerprint density at radius 1 is 1.58 bits per heavy atom. The van der Waals surface area contributed by atoms with Crippen molar-refractivity contribution >= 4 is 6.03 Å². The first-order chi connectivity index (χ1) is 5.74. The van der Waals surface area contributed by atoms with E-state index in [1.54, 1.807) is 9.80 Å². The van der Waals surface area contributed by atoms with E-state index in [9.17, 15) is 4.79 Å². The lowest BCUT2D eigenvalue weighted by atomic mass is 10.1. The number of rotatable bonds is 0. The second-order valence-electron chi connectivity index (χ2n) is 3.39. The van der Waals surface area contributed by atoms with Gasteiger partial charge in [-0.2, -0.15) is 0 Å². The molecule has 0 N–H and O–H groups in total. The molecule has 2 aliphatic heterocycles. The third kappa shape index (κ3) is 0.795. The maximum absolute atomic E-state index is 11.5. The van der Waals surface area contributed by atoms with Crippen LogP contribution in [0.1, 0.15) is 12.8 Å². The summed E-state index contributed by atoms with van der Waals surface area (Å²) in [7, 11) is 1.82. The van der Waals surface area contributed by atoms with Gasteiger partial charge in [0.15, 0.2) is 0 Å². The van der Waals surface area contributed by atoms with Gasteiger partial charge in [-0.1, -0.05) is 0 Å². The molecule has 0 radical (unpaired) electrons. The van der Waals surface area contributed by atoms with Gasteiger partial charge in [0, 0.05) is 13.5 Å². The van der Waals surface area contributed by atoms with Gasteiger partial charge in [-0.3, -0.25) is 9.74 Å². The lowest BCUT2D eigenvalue weighted by molar-refractivity contribution is 0.191. The van der Waals surface area contributed by atoms with Crippen LogP contribution in [0.15, 0.2) is 0 Å². The molecule has 4 heteroatoms. The van der Waals surface area contributed by atoms with Crippen molar-refractivity contribution in [1.29, 1.82) is 0 Å². The fraction of sp³-hybridized carbons (Fsp3) is 0.750. The van der Waals surface area contributed by atoms with Crippen molar-refractivity contribution in [2.45, 2.75) is 25.0 Å². The monoisotopic (exact) mass is 165 g/mol. The molecule has 2 aliphatic rings. The van der Waals surface area contributed by atoms with Gasteiger partial charge >= 0.3 is 12.2 Å². The van der Waals surface area contributed by atoms with E-state index >= 15 is 0 Å². The van der Waals surface area contributed by atoms with Crippen molar-refractivity contribution in [2.75, 3.05) is 13.6 Å². The van der Waals surface area contributed by atoms with E-state index in [2.05, 4.69) is 4.85 Å². The van der Waals surface area contributed by atoms with Crippen molar-refractivity contribution in [3.05, 3.63) is 11.4 Å². The average Bonchev–Trinajstić information content (AvgIpc) is 2.33. The smallest absolute Gasteiger partial charge is 0.323 e. The molecule has 0 aliphatic carbocycles. The van der Waals surface area contributed by atoms with Gasteiger partial charge in [-0.25, -0.2) is 11.4 Å². The Morgan fingerprint density at radius 3 is 3.00 bits per heavy atom. The minimum Gasteiger partial charge on any atom is -0.323 e. The predicted molar refractivity (Wildman–Crippen MR) is 43.3 cm³/mol. The van der Waals surface area contributed by atoms with Gasteiger partial charge in [0.05, 0.1) is 12.6 Å². The molecular weight excluding hydrogens is 154 g/mol. The number of likely N-dealkylation sites (N-methyl/N-ethyl adjacent to an activating group) is 1. The highest BCUT2D eigenvalue weighted by molar-refractivity contribution is 5.77. The lowest BCUT2D eigenvalue weighted by Crippen LogP contribution is -2.37. The quantitative estimate of drug-likeness (QED) is 0.487. The van der Waals surface area contributed by atoms with Crippen LogP contribution in [0.5, 0.6) is 0 Å². The van der Waals surface area contributed by atoms with Crippen LogP contribution >= 0.6 is 0 Å². The molecule has 2 fully saturated rings. The maximum Gasteiger partial charge on any atom is 0.325 e. The van der Waals surface area contributed by atoms with Crippen LogP contribution in [0.25, 0.3) is 4.85 Å². The number of carbonyl (C=O) groups excluding carboxylic acids is 1. The fourth-order valence-electron chi connectivity index (χ4n) is 1.95. The summed E-state index contributed by atoms with van der Waals surface area (Å²) in [4.78, 5) is 18.3. The average molecular weight is 165 g/mol. The van der Waals surface area contributed by atoms with Crippen molar-refractivity contribution in [3.63, 3.8) is 0 Å². The summed E-state index contributed by atoms with van der Waals surface area (Å²) in [6.45, 7) is 7.67. The number of carbonyl (C=O) groups is 1. The second kappa shape index (κ2) is 2.37. The van der Waals surface area contributed by atoms with E-state index in [1.165, 1.54) is 0 Å². The van der Waals surface area contributed by atoms with Crippen molar-refractivity contribution < 1.29 is 4.79 Å². The summed E-state index contributed by atoms with van der Waals surface area (Å²) in [6, 6.07) is 0.383. The van der Waals surface area contributed by atoms with Crippen LogP contribution in [-0.4, -0.2) is 41.6 Å². The van der Waals surface area contributed by atoms with E-state index in [0.29, 0.717) is 6.04 Å². The molecule has 12 heavy (non-hydrogen) atoms. The maximum atomic E-state index is 11.5. The second-order valence-corrected chi connectivity index (χ2v) is 3.39. The van der Waals surface area contributed by atoms with E-state index in [0.717, 1.165) is 19.4 Å². The highest BCUT2D eigenvalue weighted by Gasteiger charge is 2.45. The van der Waals surface area contributed by atoms with Crippen LogP contribution in [0.3, 0.4) is 0 Å². The molecule has 64 valence electrons. The predicted octanol–water partition coefficient (Wildman–Crippen LogP) is 0.762. The number of amides is 2. The summed E-state index contributed by atoms with van der Waals surface area (Å²) in [5.74, 6) is 0. The summed E-state index contributed by atoms with van der Waals surface area (Å²) >= 11 is 0. The van der Waals surface area contributed by atoms with Crippen LogP contribution < -0.4 is 0 Å². The first kappa shape index (κ1) is 7.41. The lowest BCUT2D eigenvalue weighted by Gasteiger charge is -2.21. The van der Waals surface area contributed by atoms with Crippen LogP contribution in [0.2, 0.25) is 0 Å². The normalized spacial score (nSPS) is 33.8. The Labute approximate surface area is 71.6 Å². The zero-order valence-corrected chi connectivity index (χ0v) is 7.03. The molecule has 2 heterocycles. The van der Waals surface area contributed by atoms with Crippen LogP contribution in [-0.2, 0) is 0 Å². The number of hydrogen-bond acceptors (Lipinski definition) is 1. The Morgan fingerprint density at radius 2 is 2.33 bits per heavy atom. The van der Waals surface area contributed by atoms with Crippen LogP contribution in [0, 0.1) is 6.57 Å². The van der Waals surface area contributed by atoms with Crippen molar-refractivity contribution in [1.82, 2.24) is 9.80 Å². The highest BCUT2D eigenvalue weighted by atomic mass is 16.2. The SMILES string of the molecule is [C-]#[N+][C@@H]1CC[C@@H]2CN1C(=O)N2C. The molecule has 0 aromatic rings. The van der Waals surface area contributed by atoms with E-state index < -0.39 is 0 Å². The fourth-order valence-corrected chi connectivity index (χ4v) is 1.95. The van der Waals surface area contributed by atoms with E-state index in [4.69, 9.17) is 6.57 Å². The third-order valence-electron chi connectivity index (χ3n) is 2.77. The highest BCUT2D eigenvalue weighted by Crippen LogP contribution is 2.28. The Kier molecular flexibility index (Phi) is 1.47. The Hall–Kier alpha value is -1.24. The molecule has 2 saturated heterocycles. The number of urea groups is 1. The van der Waals surface area contributed by atoms with Crippen molar-refractivity contribution in [2.24, 2.45) is 0 Å². The molecule has 0 aromatic heterocycles. The van der Waals surface area contributed by atoms with Gasteiger partial charge in [-0.05, 0) is 6.42 Å². The number of fused-ring (bicyclic) bond motifs is 2. The van der Waals surface area contributed by atoms with Crippen molar-refractivity contribution in [3.8, 4) is 0 Å². The van der Waals surface area contributed by atoms with Crippen LogP contribution in [0.4, 0.5) is 4.79 Å². The largest absolute Gasteiger partial charge is 0.325 e. The van der Waals surface area contributed by atoms with E-state index in [1.807, 2.05) is 7.05 Å². The van der Waals surface area contributed by atoms with Gasteiger partial charge in [0.1, 0.15) is 0 Å². The molecular formula is C8H11N3O. The molecule has 2 atom stereocenters. The number of nitrogens with zero attached hydrogens (tertiary/aromatic N) is 3. The summed E-state index contributed by atoms with van der Waals surface area (Å²) < 4.78 is 0. The summed E-state index contributed by atoms with van der Waals surface area (Å²) in [5, 5.41) is 0. The van der Waals surface area contributed by atoms with Gasteiger partial charge in [0.25, 0.3) is 0 Å². The van der Waals surface area contributed by atoms with Gasteiger partial charge < -0.3 is 4.90 Å². The molecule has 0 unspecified atom stereocenters. The first-order valence-electron chi connectivity index (χ1n) is 4.14. The van der Waals surface area contributed by atoms with Gasteiger partial charge in [-0.15, -0.1) is 0 Å². The zero-order valence-electron chi connectivity index (χ0n) is 7.03. The third-order valence-corrected chi connectivity index (χ3v) is 2.77. The summed E-state index contributed by atoms with van der Waals surface area (Å²) in [6.07, 6.45) is 1.62. The first-order valence-corrected chi connectivity index (χ1v) is 4.14. The molecule has 0 spiro atoms. The number of piperidine rings is 1. The molecule has 0 saturated carbocycles. The Bertz CT molecular complexity index is 258. The molecule has 2 amide bonds. The minimum atomic E-state index is -0.196. The van der Waals surface area contributed by atoms with Gasteiger partial charge in [0.2, 0.25) is 0 Å². The molecule has 2 rings (SSSR count). The zero-order chi connectivity index (χ0) is 8.72. The number of hydrogen-bond donors (Lipinski definition) is 0.